The summed E-state index contributed by atoms with van der Waals surface area (Å²) in [6.45, 7) is 0. The molecule has 92 valence electrons. The average Bonchev–Trinajstić information content (AvgIpc) is 2.46. The predicted octanol–water partition coefficient (Wildman–Crippen LogP) is 4.75. The fourth-order valence-electron chi connectivity index (χ4n) is 1.72. The van der Waals surface area contributed by atoms with Gasteiger partial charge in [0.15, 0.2) is 5.78 Å². The minimum Gasteiger partial charge on any atom is -0.289 e. The zero-order valence-electron chi connectivity index (χ0n) is 9.64. The van der Waals surface area contributed by atoms with Crippen LogP contribution in [0.5, 0.6) is 0 Å². The van der Waals surface area contributed by atoms with Gasteiger partial charge < -0.3 is 0 Å². The van der Waals surface area contributed by atoms with Crippen molar-refractivity contribution in [1.29, 1.82) is 0 Å². The first kappa shape index (κ1) is 13.5. The second-order valence-corrected chi connectivity index (χ2v) is 5.70. The number of alkyl halides is 2. The zero-order valence-corrected chi connectivity index (χ0v) is 12.8. The summed E-state index contributed by atoms with van der Waals surface area (Å²) in [5.41, 5.74) is 2.55. The maximum absolute atomic E-state index is 12.3. The summed E-state index contributed by atoms with van der Waals surface area (Å²) in [5, 5.41) is 0.815. The predicted molar refractivity (Wildman–Crippen MR) is 81.8 cm³/mol. The summed E-state index contributed by atoms with van der Waals surface area (Å²) in [7, 11) is 0. The summed E-state index contributed by atoms with van der Waals surface area (Å²) in [6.07, 6.45) is 0. The Hall–Kier alpha value is -0.930. The number of carbonyl (C=O) groups is 1. The number of carbonyl (C=O) groups excluding carboxylic acids is 1. The van der Waals surface area contributed by atoms with Gasteiger partial charge in [0.1, 0.15) is 0 Å². The molecule has 0 spiro atoms. The van der Waals surface area contributed by atoms with Gasteiger partial charge in [0.05, 0.1) is 0 Å². The summed E-state index contributed by atoms with van der Waals surface area (Å²) >= 11 is 6.99. The minimum atomic E-state index is 0.0618. The Labute approximate surface area is 123 Å². The van der Waals surface area contributed by atoms with E-state index in [1.54, 1.807) is 0 Å². The normalized spacial score (nSPS) is 12.1. The largest absolute Gasteiger partial charge is 0.289 e. The molecule has 0 aliphatic heterocycles. The molecule has 2 aromatic carbocycles. The van der Waals surface area contributed by atoms with Gasteiger partial charge in [-0.2, -0.15) is 0 Å². The second-order valence-electron chi connectivity index (χ2n) is 3.94. The van der Waals surface area contributed by atoms with Crippen LogP contribution in [0.2, 0.25) is 0 Å². The molecular weight excluding hydrogens is 356 g/mol. The lowest BCUT2D eigenvalue weighted by Gasteiger charge is -2.08. The average molecular weight is 368 g/mol. The van der Waals surface area contributed by atoms with E-state index < -0.39 is 0 Å². The van der Waals surface area contributed by atoms with Gasteiger partial charge in [0.2, 0.25) is 0 Å². The van der Waals surface area contributed by atoms with Crippen LogP contribution in [0.15, 0.2) is 54.6 Å². The molecular formula is C15H12Br2O. The maximum Gasteiger partial charge on any atom is 0.193 e. The van der Waals surface area contributed by atoms with Gasteiger partial charge in [-0.15, -0.1) is 0 Å². The van der Waals surface area contributed by atoms with Gasteiger partial charge >= 0.3 is 0 Å². The van der Waals surface area contributed by atoms with E-state index in [0.29, 0.717) is 0 Å². The van der Waals surface area contributed by atoms with Crippen LogP contribution in [-0.2, 0) is 0 Å². The van der Waals surface area contributed by atoms with Gasteiger partial charge in [-0.1, -0.05) is 80.4 Å². The zero-order chi connectivity index (χ0) is 13.0. The van der Waals surface area contributed by atoms with Crippen molar-refractivity contribution < 1.29 is 4.79 Å². The highest BCUT2D eigenvalue weighted by Gasteiger charge is 2.11. The molecule has 0 saturated carbocycles. The number of halogens is 2. The maximum atomic E-state index is 12.3. The molecule has 0 heterocycles. The molecule has 3 heteroatoms. The molecule has 0 amide bonds. The highest BCUT2D eigenvalue weighted by atomic mass is 79.9. The lowest BCUT2D eigenvalue weighted by Crippen LogP contribution is -2.02. The molecule has 0 saturated heterocycles. The van der Waals surface area contributed by atoms with Crippen LogP contribution in [-0.4, -0.2) is 11.1 Å². The van der Waals surface area contributed by atoms with E-state index in [1.807, 2.05) is 54.6 Å². The number of rotatable bonds is 4. The first-order chi connectivity index (χ1) is 8.72. The summed E-state index contributed by atoms with van der Waals surface area (Å²) < 4.78 is 0. The third kappa shape index (κ3) is 3.09. The molecule has 0 fully saturated rings. The molecule has 0 radical (unpaired) electrons. The third-order valence-electron chi connectivity index (χ3n) is 2.68. The molecule has 1 nitrogen and oxygen atoms in total. The first-order valence-electron chi connectivity index (χ1n) is 5.62. The number of hydrogen-bond acceptors (Lipinski definition) is 1. The van der Waals surface area contributed by atoms with Crippen molar-refractivity contribution in [3.8, 4) is 0 Å². The van der Waals surface area contributed by atoms with E-state index in [-0.39, 0.29) is 10.6 Å². The van der Waals surface area contributed by atoms with Gasteiger partial charge in [0, 0.05) is 21.3 Å². The second kappa shape index (κ2) is 6.30. The molecule has 0 bridgehead atoms. The molecule has 2 rings (SSSR count). The smallest absolute Gasteiger partial charge is 0.193 e. The Kier molecular flexibility index (Phi) is 4.72. The lowest BCUT2D eigenvalue weighted by molar-refractivity contribution is 0.103. The van der Waals surface area contributed by atoms with Gasteiger partial charge in [0.25, 0.3) is 0 Å². The molecule has 2 aromatic rings. The SMILES string of the molecule is O=C(c1ccccc1)c1cccc(C(Br)CBr)c1. The van der Waals surface area contributed by atoms with Crippen molar-refractivity contribution in [3.05, 3.63) is 71.3 Å². The topological polar surface area (TPSA) is 17.1 Å². The van der Waals surface area contributed by atoms with Crippen LogP contribution in [0.4, 0.5) is 0 Å². The van der Waals surface area contributed by atoms with E-state index in [1.165, 1.54) is 0 Å². The first-order valence-corrected chi connectivity index (χ1v) is 7.66. The van der Waals surface area contributed by atoms with Crippen molar-refractivity contribution in [1.82, 2.24) is 0 Å². The quantitative estimate of drug-likeness (QED) is 0.563. The van der Waals surface area contributed by atoms with Crippen LogP contribution in [0, 0.1) is 0 Å². The fourth-order valence-corrected chi connectivity index (χ4v) is 2.38. The van der Waals surface area contributed by atoms with Crippen molar-refractivity contribution >= 4 is 37.6 Å². The van der Waals surface area contributed by atoms with Crippen LogP contribution < -0.4 is 0 Å². The highest BCUT2D eigenvalue weighted by Crippen LogP contribution is 2.25. The van der Waals surface area contributed by atoms with Gasteiger partial charge in [-0.3, -0.25) is 4.79 Å². The molecule has 18 heavy (non-hydrogen) atoms. The van der Waals surface area contributed by atoms with Crippen LogP contribution in [0.25, 0.3) is 0 Å². The third-order valence-corrected chi connectivity index (χ3v) is 5.05. The van der Waals surface area contributed by atoms with Crippen LogP contribution in [0.1, 0.15) is 26.3 Å². The summed E-state index contributed by atoms with van der Waals surface area (Å²) in [5.74, 6) is 0.0618. The molecule has 0 aliphatic rings. The Balaban J connectivity index is 2.32. The van der Waals surface area contributed by atoms with Crippen molar-refractivity contribution in [2.45, 2.75) is 4.83 Å². The molecule has 1 unspecified atom stereocenters. The monoisotopic (exact) mass is 366 g/mol. The van der Waals surface area contributed by atoms with E-state index >= 15 is 0 Å². The summed E-state index contributed by atoms with van der Waals surface area (Å²) in [6, 6.07) is 17.1. The molecule has 0 N–H and O–H groups in total. The minimum absolute atomic E-state index is 0.0618. The Bertz CT molecular complexity index is 537. The van der Waals surface area contributed by atoms with Gasteiger partial charge in [-0.05, 0) is 11.6 Å². The highest BCUT2D eigenvalue weighted by molar-refractivity contribution is 9.12. The molecule has 0 aliphatic carbocycles. The van der Waals surface area contributed by atoms with Crippen molar-refractivity contribution in [3.63, 3.8) is 0 Å². The Morgan fingerprint density at radius 2 is 1.67 bits per heavy atom. The molecule has 0 aromatic heterocycles. The fraction of sp³-hybridized carbons (Fsp3) is 0.133. The Morgan fingerprint density at radius 1 is 1.00 bits per heavy atom. The summed E-state index contributed by atoms with van der Waals surface area (Å²) in [4.78, 5) is 12.5. The van der Waals surface area contributed by atoms with Crippen LogP contribution in [0.3, 0.4) is 0 Å². The lowest BCUT2D eigenvalue weighted by atomic mass is 10.0. The van der Waals surface area contributed by atoms with Crippen LogP contribution >= 0.6 is 31.9 Å². The van der Waals surface area contributed by atoms with E-state index in [2.05, 4.69) is 31.9 Å². The van der Waals surface area contributed by atoms with E-state index in [0.717, 1.165) is 22.0 Å². The Morgan fingerprint density at radius 3 is 2.33 bits per heavy atom. The number of ketones is 1. The standard InChI is InChI=1S/C15H12Br2O/c16-10-14(17)12-7-4-8-13(9-12)15(18)11-5-2-1-3-6-11/h1-9,14H,10H2. The van der Waals surface area contributed by atoms with E-state index in [4.69, 9.17) is 0 Å². The van der Waals surface area contributed by atoms with E-state index in [9.17, 15) is 4.79 Å². The number of hydrogen-bond donors (Lipinski definition) is 0. The van der Waals surface area contributed by atoms with Gasteiger partial charge in [-0.25, -0.2) is 0 Å². The molecule has 1 atom stereocenters. The van der Waals surface area contributed by atoms with Crippen molar-refractivity contribution in [2.75, 3.05) is 5.33 Å². The van der Waals surface area contributed by atoms with Crippen molar-refractivity contribution in [2.24, 2.45) is 0 Å². The number of benzene rings is 2.